The second kappa shape index (κ2) is 7.74. The predicted molar refractivity (Wildman–Crippen MR) is 85.0 cm³/mol. The quantitative estimate of drug-likeness (QED) is 0.848. The topological polar surface area (TPSA) is 28.2 Å². The summed E-state index contributed by atoms with van der Waals surface area (Å²) >= 11 is 0. The Kier molecular flexibility index (Phi) is 5.69. The monoisotopic (exact) mass is 287 g/mol. The molecule has 0 aliphatic heterocycles. The third-order valence-corrected chi connectivity index (χ3v) is 3.39. The van der Waals surface area contributed by atoms with Crippen LogP contribution in [0.25, 0.3) is 0 Å². The molecule has 0 unspecified atom stereocenters. The Morgan fingerprint density at radius 3 is 2.81 bits per heavy atom. The van der Waals surface area contributed by atoms with Crippen LogP contribution in [0.5, 0.6) is 0 Å². The second-order valence-corrected chi connectivity index (χ2v) is 5.09. The van der Waals surface area contributed by atoms with E-state index in [9.17, 15) is 4.39 Å². The smallest absolute Gasteiger partial charge is 0.125 e. The van der Waals surface area contributed by atoms with E-state index in [4.69, 9.17) is 0 Å². The normalized spacial score (nSPS) is 10.6. The number of benzene rings is 1. The molecule has 1 N–H and O–H groups in total. The van der Waals surface area contributed by atoms with E-state index in [1.807, 2.05) is 38.2 Å². The predicted octanol–water partition coefficient (Wildman–Crippen LogP) is 3.01. The van der Waals surface area contributed by atoms with Crippen molar-refractivity contribution in [3.63, 3.8) is 0 Å². The SMILES string of the molecule is CCNCc1cc(F)cc(N(C)CCc2ccccn2)c1. The number of anilines is 1. The molecule has 0 saturated heterocycles. The molecule has 0 spiro atoms. The lowest BCUT2D eigenvalue weighted by molar-refractivity contribution is 0.621. The van der Waals surface area contributed by atoms with E-state index < -0.39 is 0 Å². The van der Waals surface area contributed by atoms with E-state index in [0.29, 0.717) is 6.54 Å². The summed E-state index contributed by atoms with van der Waals surface area (Å²) in [5, 5.41) is 3.22. The number of nitrogens with zero attached hydrogens (tertiary/aromatic N) is 2. The standard InChI is InChI=1S/C17H22FN3/c1-3-19-13-14-10-15(18)12-17(11-14)21(2)9-7-16-6-4-5-8-20-16/h4-6,8,10-12,19H,3,7,9,13H2,1-2H3. The Morgan fingerprint density at radius 2 is 2.10 bits per heavy atom. The van der Waals surface area contributed by atoms with Gasteiger partial charge >= 0.3 is 0 Å². The van der Waals surface area contributed by atoms with Crippen molar-refractivity contribution < 1.29 is 4.39 Å². The first-order valence-electron chi connectivity index (χ1n) is 7.30. The van der Waals surface area contributed by atoms with Crippen molar-refractivity contribution in [2.24, 2.45) is 0 Å². The maximum absolute atomic E-state index is 13.7. The zero-order valence-electron chi connectivity index (χ0n) is 12.6. The highest BCUT2D eigenvalue weighted by atomic mass is 19.1. The fourth-order valence-electron chi connectivity index (χ4n) is 2.18. The number of rotatable bonds is 7. The highest BCUT2D eigenvalue weighted by molar-refractivity contribution is 5.48. The minimum Gasteiger partial charge on any atom is -0.374 e. The van der Waals surface area contributed by atoms with Gasteiger partial charge in [0.05, 0.1) is 0 Å². The molecule has 21 heavy (non-hydrogen) atoms. The van der Waals surface area contributed by atoms with Gasteiger partial charge in [0, 0.05) is 44.1 Å². The van der Waals surface area contributed by atoms with Crippen LogP contribution >= 0.6 is 0 Å². The summed E-state index contributed by atoms with van der Waals surface area (Å²) in [6, 6.07) is 11.1. The Labute approximate surface area is 125 Å². The number of likely N-dealkylation sites (N-methyl/N-ethyl adjacent to an activating group) is 1. The number of nitrogens with one attached hydrogen (secondary N) is 1. The van der Waals surface area contributed by atoms with E-state index >= 15 is 0 Å². The van der Waals surface area contributed by atoms with E-state index in [-0.39, 0.29) is 5.82 Å². The molecule has 0 aliphatic rings. The minimum absolute atomic E-state index is 0.190. The molecule has 0 atom stereocenters. The first kappa shape index (κ1) is 15.4. The molecule has 4 heteroatoms. The van der Waals surface area contributed by atoms with Crippen LogP contribution in [0.2, 0.25) is 0 Å². The molecule has 2 aromatic rings. The van der Waals surface area contributed by atoms with Crippen LogP contribution in [-0.2, 0) is 13.0 Å². The number of hydrogen-bond acceptors (Lipinski definition) is 3. The first-order valence-corrected chi connectivity index (χ1v) is 7.30. The molecule has 1 heterocycles. The second-order valence-electron chi connectivity index (χ2n) is 5.09. The van der Waals surface area contributed by atoms with Crippen LogP contribution in [0.1, 0.15) is 18.2 Å². The number of halogens is 1. The molecule has 0 bridgehead atoms. The van der Waals surface area contributed by atoms with Crippen molar-refractivity contribution in [2.75, 3.05) is 25.0 Å². The van der Waals surface area contributed by atoms with Crippen LogP contribution in [0.4, 0.5) is 10.1 Å². The number of pyridine rings is 1. The molecule has 3 nitrogen and oxygen atoms in total. The Morgan fingerprint density at radius 1 is 1.24 bits per heavy atom. The van der Waals surface area contributed by atoms with Gasteiger partial charge in [-0.25, -0.2) is 4.39 Å². The third-order valence-electron chi connectivity index (χ3n) is 3.39. The highest BCUT2D eigenvalue weighted by Gasteiger charge is 2.06. The van der Waals surface area contributed by atoms with Gasteiger partial charge in [0.25, 0.3) is 0 Å². The van der Waals surface area contributed by atoms with E-state index in [2.05, 4.69) is 15.2 Å². The van der Waals surface area contributed by atoms with Gasteiger partial charge < -0.3 is 10.2 Å². The Bertz CT molecular complexity index is 557. The lowest BCUT2D eigenvalue weighted by Gasteiger charge is -2.20. The molecule has 1 aromatic carbocycles. The van der Waals surface area contributed by atoms with Crippen LogP contribution in [0.15, 0.2) is 42.6 Å². The van der Waals surface area contributed by atoms with Crippen LogP contribution in [-0.4, -0.2) is 25.1 Å². The molecule has 112 valence electrons. The lowest BCUT2D eigenvalue weighted by Crippen LogP contribution is -2.21. The molecule has 0 radical (unpaired) electrons. The van der Waals surface area contributed by atoms with Crippen LogP contribution in [0.3, 0.4) is 0 Å². The van der Waals surface area contributed by atoms with Crippen molar-refractivity contribution in [2.45, 2.75) is 19.9 Å². The van der Waals surface area contributed by atoms with Crippen LogP contribution in [0, 0.1) is 5.82 Å². The maximum Gasteiger partial charge on any atom is 0.125 e. The van der Waals surface area contributed by atoms with E-state index in [1.165, 1.54) is 0 Å². The van der Waals surface area contributed by atoms with Gasteiger partial charge in [-0.2, -0.15) is 0 Å². The van der Waals surface area contributed by atoms with Gasteiger partial charge in [-0.1, -0.05) is 13.0 Å². The minimum atomic E-state index is -0.190. The van der Waals surface area contributed by atoms with Crippen LogP contribution < -0.4 is 10.2 Å². The van der Waals surface area contributed by atoms with E-state index in [1.54, 1.807) is 18.3 Å². The molecule has 0 fully saturated rings. The van der Waals surface area contributed by atoms with Gasteiger partial charge in [-0.05, 0) is 42.4 Å². The third kappa shape index (κ3) is 4.83. The highest BCUT2D eigenvalue weighted by Crippen LogP contribution is 2.18. The molecule has 0 saturated carbocycles. The zero-order chi connectivity index (χ0) is 15.1. The molecular weight excluding hydrogens is 265 g/mol. The lowest BCUT2D eigenvalue weighted by atomic mass is 10.1. The summed E-state index contributed by atoms with van der Waals surface area (Å²) < 4.78 is 13.7. The van der Waals surface area contributed by atoms with Gasteiger partial charge in [0.15, 0.2) is 0 Å². The van der Waals surface area contributed by atoms with Crippen molar-refractivity contribution in [1.29, 1.82) is 0 Å². The van der Waals surface area contributed by atoms with Crippen molar-refractivity contribution in [3.05, 3.63) is 59.7 Å². The summed E-state index contributed by atoms with van der Waals surface area (Å²) in [7, 11) is 1.98. The average Bonchev–Trinajstić information content (AvgIpc) is 2.51. The zero-order valence-corrected chi connectivity index (χ0v) is 12.6. The van der Waals surface area contributed by atoms with Gasteiger partial charge in [-0.15, -0.1) is 0 Å². The summed E-state index contributed by atoms with van der Waals surface area (Å²) in [5.74, 6) is -0.190. The largest absolute Gasteiger partial charge is 0.374 e. The molecule has 0 amide bonds. The van der Waals surface area contributed by atoms with Gasteiger partial charge in [0.2, 0.25) is 0 Å². The van der Waals surface area contributed by atoms with E-state index in [0.717, 1.165) is 36.5 Å². The summed E-state index contributed by atoms with van der Waals surface area (Å²) in [6.07, 6.45) is 2.64. The molecule has 0 aliphatic carbocycles. The summed E-state index contributed by atoms with van der Waals surface area (Å²) in [6.45, 7) is 4.41. The number of hydrogen-bond donors (Lipinski definition) is 1. The maximum atomic E-state index is 13.7. The average molecular weight is 287 g/mol. The van der Waals surface area contributed by atoms with Crippen molar-refractivity contribution in [3.8, 4) is 0 Å². The van der Waals surface area contributed by atoms with Gasteiger partial charge in [-0.3, -0.25) is 4.98 Å². The van der Waals surface area contributed by atoms with Crippen molar-refractivity contribution >= 4 is 5.69 Å². The fourth-order valence-corrected chi connectivity index (χ4v) is 2.18. The van der Waals surface area contributed by atoms with Crippen molar-refractivity contribution in [1.82, 2.24) is 10.3 Å². The molecule has 2 rings (SSSR count). The summed E-state index contributed by atoms with van der Waals surface area (Å²) in [5.41, 5.74) is 2.92. The molecule has 1 aromatic heterocycles. The number of aromatic nitrogens is 1. The Balaban J connectivity index is 2.01. The van der Waals surface area contributed by atoms with Gasteiger partial charge in [0.1, 0.15) is 5.82 Å². The summed E-state index contributed by atoms with van der Waals surface area (Å²) in [4.78, 5) is 6.37. The fraction of sp³-hybridized carbons (Fsp3) is 0.353. The Hall–Kier alpha value is -1.94. The molecular formula is C17H22FN3. The first-order chi connectivity index (χ1) is 10.2.